The van der Waals surface area contributed by atoms with Crippen LogP contribution >= 0.6 is 0 Å². The summed E-state index contributed by atoms with van der Waals surface area (Å²) in [6.07, 6.45) is 5.58. The number of hydrogen-bond acceptors (Lipinski definition) is 5. The Morgan fingerprint density at radius 1 is 1.38 bits per heavy atom. The van der Waals surface area contributed by atoms with Crippen molar-refractivity contribution in [2.24, 2.45) is 0 Å². The van der Waals surface area contributed by atoms with Crippen molar-refractivity contribution in [3.8, 4) is 0 Å². The molecule has 0 amide bonds. The molecule has 16 heavy (non-hydrogen) atoms. The van der Waals surface area contributed by atoms with Gasteiger partial charge in [-0.2, -0.15) is 0 Å². The number of nitrogens with one attached hydrogen (secondary N) is 2. The Kier molecular flexibility index (Phi) is 5.56. The molecule has 1 heterocycles. The lowest BCUT2D eigenvalue weighted by Gasteiger charge is -2.17. The van der Waals surface area contributed by atoms with E-state index in [4.69, 9.17) is 4.74 Å². The Bertz CT molecular complexity index is 300. The first-order valence-corrected chi connectivity index (χ1v) is 5.55. The van der Waals surface area contributed by atoms with Gasteiger partial charge in [-0.3, -0.25) is 4.98 Å². The number of anilines is 2. The van der Waals surface area contributed by atoms with Gasteiger partial charge in [-0.05, 0) is 6.42 Å². The first kappa shape index (κ1) is 12.7. The van der Waals surface area contributed by atoms with Gasteiger partial charge in [0.05, 0.1) is 25.0 Å². The standard InChI is InChI=1S/C11H20N4O/c1-4-5-9(8-16-3)14-11-7-13-6-10(12-2)15-11/h6-7,9H,4-5,8H2,1-3H3,(H2,12,14,15). The zero-order valence-corrected chi connectivity index (χ0v) is 10.2. The van der Waals surface area contributed by atoms with Gasteiger partial charge in [0.2, 0.25) is 0 Å². The highest BCUT2D eigenvalue weighted by atomic mass is 16.5. The predicted octanol–water partition coefficient (Wildman–Crippen LogP) is 1.75. The summed E-state index contributed by atoms with van der Waals surface area (Å²) in [4.78, 5) is 8.46. The van der Waals surface area contributed by atoms with Gasteiger partial charge in [-0.25, -0.2) is 4.98 Å². The highest BCUT2D eigenvalue weighted by Gasteiger charge is 2.08. The summed E-state index contributed by atoms with van der Waals surface area (Å²) in [6.45, 7) is 2.83. The summed E-state index contributed by atoms with van der Waals surface area (Å²) in [5, 5.41) is 6.28. The fraction of sp³-hybridized carbons (Fsp3) is 0.636. The summed E-state index contributed by atoms with van der Waals surface area (Å²) in [5.74, 6) is 1.54. The Hall–Kier alpha value is -1.36. The molecule has 0 aliphatic heterocycles. The smallest absolute Gasteiger partial charge is 0.147 e. The third kappa shape index (κ3) is 4.02. The lowest BCUT2D eigenvalue weighted by molar-refractivity contribution is 0.182. The highest BCUT2D eigenvalue weighted by Crippen LogP contribution is 2.09. The van der Waals surface area contributed by atoms with Gasteiger partial charge in [0.1, 0.15) is 11.6 Å². The van der Waals surface area contributed by atoms with Crippen molar-refractivity contribution in [2.45, 2.75) is 25.8 Å². The maximum absolute atomic E-state index is 5.16. The molecule has 1 aromatic rings. The fourth-order valence-electron chi connectivity index (χ4n) is 1.51. The molecule has 1 rings (SSSR count). The SMILES string of the molecule is CCCC(COC)Nc1cncc(NC)n1. The van der Waals surface area contributed by atoms with Crippen molar-refractivity contribution in [3.63, 3.8) is 0 Å². The van der Waals surface area contributed by atoms with E-state index in [1.54, 1.807) is 19.5 Å². The van der Waals surface area contributed by atoms with Crippen LogP contribution in [0, 0.1) is 0 Å². The van der Waals surface area contributed by atoms with E-state index in [-0.39, 0.29) is 6.04 Å². The number of hydrogen-bond donors (Lipinski definition) is 2. The number of nitrogens with zero attached hydrogens (tertiary/aromatic N) is 2. The molecule has 0 aliphatic carbocycles. The van der Waals surface area contributed by atoms with E-state index >= 15 is 0 Å². The lowest BCUT2D eigenvalue weighted by atomic mass is 10.2. The van der Waals surface area contributed by atoms with Gasteiger partial charge >= 0.3 is 0 Å². The lowest BCUT2D eigenvalue weighted by Crippen LogP contribution is -2.25. The van der Waals surface area contributed by atoms with Gasteiger partial charge in [-0.1, -0.05) is 13.3 Å². The molecular formula is C11H20N4O. The molecule has 0 saturated heterocycles. The topological polar surface area (TPSA) is 59.1 Å². The monoisotopic (exact) mass is 224 g/mol. The van der Waals surface area contributed by atoms with E-state index in [0.29, 0.717) is 6.61 Å². The predicted molar refractivity (Wildman–Crippen MR) is 65.8 cm³/mol. The minimum atomic E-state index is 0.288. The van der Waals surface area contributed by atoms with Gasteiger partial charge in [0.15, 0.2) is 0 Å². The fourth-order valence-corrected chi connectivity index (χ4v) is 1.51. The summed E-state index contributed by atoms with van der Waals surface area (Å²) in [5.41, 5.74) is 0. The maximum Gasteiger partial charge on any atom is 0.147 e. The quantitative estimate of drug-likeness (QED) is 0.739. The van der Waals surface area contributed by atoms with Crippen LogP contribution in [0.1, 0.15) is 19.8 Å². The van der Waals surface area contributed by atoms with Crippen molar-refractivity contribution in [3.05, 3.63) is 12.4 Å². The van der Waals surface area contributed by atoms with Crippen LogP contribution in [0.15, 0.2) is 12.4 Å². The molecule has 1 aromatic heterocycles. The molecule has 0 radical (unpaired) electrons. The normalized spacial score (nSPS) is 12.2. The summed E-state index contributed by atoms with van der Waals surface area (Å²) in [7, 11) is 3.53. The van der Waals surface area contributed by atoms with E-state index in [1.807, 2.05) is 7.05 Å². The maximum atomic E-state index is 5.16. The van der Waals surface area contributed by atoms with E-state index in [1.165, 1.54) is 0 Å². The van der Waals surface area contributed by atoms with Crippen LogP contribution in [0.25, 0.3) is 0 Å². The largest absolute Gasteiger partial charge is 0.383 e. The third-order valence-corrected chi connectivity index (χ3v) is 2.25. The van der Waals surface area contributed by atoms with E-state index in [2.05, 4.69) is 27.5 Å². The number of rotatable bonds is 7. The first-order chi connectivity index (χ1) is 7.80. The van der Waals surface area contributed by atoms with Crippen LogP contribution in [0.3, 0.4) is 0 Å². The van der Waals surface area contributed by atoms with Crippen LogP contribution in [0.4, 0.5) is 11.6 Å². The van der Waals surface area contributed by atoms with E-state index < -0.39 is 0 Å². The van der Waals surface area contributed by atoms with Gasteiger partial charge < -0.3 is 15.4 Å². The molecule has 1 unspecified atom stereocenters. The van der Waals surface area contributed by atoms with Crippen molar-refractivity contribution in [1.29, 1.82) is 0 Å². The Labute approximate surface area is 96.6 Å². The molecule has 90 valence electrons. The molecule has 1 atom stereocenters. The molecule has 0 bridgehead atoms. The molecule has 0 saturated carbocycles. The summed E-state index contributed by atoms with van der Waals surface area (Å²) < 4.78 is 5.16. The van der Waals surface area contributed by atoms with Crippen LogP contribution in [0.5, 0.6) is 0 Å². The molecular weight excluding hydrogens is 204 g/mol. The van der Waals surface area contributed by atoms with Gasteiger partial charge in [-0.15, -0.1) is 0 Å². The van der Waals surface area contributed by atoms with E-state index in [0.717, 1.165) is 24.5 Å². The molecule has 5 heteroatoms. The Morgan fingerprint density at radius 3 is 2.75 bits per heavy atom. The van der Waals surface area contributed by atoms with Crippen molar-refractivity contribution < 1.29 is 4.74 Å². The Balaban J connectivity index is 2.60. The number of methoxy groups -OCH3 is 1. The highest BCUT2D eigenvalue weighted by molar-refractivity contribution is 5.41. The van der Waals surface area contributed by atoms with Gasteiger partial charge in [0, 0.05) is 14.2 Å². The number of aromatic nitrogens is 2. The second-order valence-electron chi connectivity index (χ2n) is 3.62. The van der Waals surface area contributed by atoms with Crippen LogP contribution < -0.4 is 10.6 Å². The molecule has 0 aromatic carbocycles. The third-order valence-electron chi connectivity index (χ3n) is 2.25. The second kappa shape index (κ2) is 7.00. The second-order valence-corrected chi connectivity index (χ2v) is 3.62. The molecule has 0 aliphatic rings. The first-order valence-electron chi connectivity index (χ1n) is 5.55. The molecule has 5 nitrogen and oxygen atoms in total. The Morgan fingerprint density at radius 2 is 2.12 bits per heavy atom. The van der Waals surface area contributed by atoms with Crippen LogP contribution in [-0.2, 0) is 4.74 Å². The number of ether oxygens (including phenoxy) is 1. The molecule has 0 fully saturated rings. The van der Waals surface area contributed by atoms with Crippen molar-refractivity contribution >= 4 is 11.6 Å². The average molecular weight is 224 g/mol. The van der Waals surface area contributed by atoms with Crippen molar-refractivity contribution in [1.82, 2.24) is 9.97 Å². The van der Waals surface area contributed by atoms with Crippen LogP contribution in [-0.4, -0.2) is 36.8 Å². The summed E-state index contributed by atoms with van der Waals surface area (Å²) >= 11 is 0. The average Bonchev–Trinajstić information content (AvgIpc) is 2.30. The molecule has 2 N–H and O–H groups in total. The molecule has 0 spiro atoms. The minimum absolute atomic E-state index is 0.288. The van der Waals surface area contributed by atoms with Crippen molar-refractivity contribution in [2.75, 3.05) is 31.4 Å². The zero-order valence-electron chi connectivity index (χ0n) is 10.2. The zero-order chi connectivity index (χ0) is 11.8. The minimum Gasteiger partial charge on any atom is -0.383 e. The summed E-state index contributed by atoms with van der Waals surface area (Å²) in [6, 6.07) is 0.288. The van der Waals surface area contributed by atoms with Crippen LogP contribution in [0.2, 0.25) is 0 Å². The van der Waals surface area contributed by atoms with Gasteiger partial charge in [0.25, 0.3) is 0 Å². The van der Waals surface area contributed by atoms with E-state index in [9.17, 15) is 0 Å².